The zero-order chi connectivity index (χ0) is 17.2. The molecule has 0 aliphatic heterocycles. The van der Waals surface area contributed by atoms with E-state index in [1.54, 1.807) is 12.1 Å². The van der Waals surface area contributed by atoms with Crippen molar-refractivity contribution < 1.29 is 17.9 Å². The fourth-order valence-corrected chi connectivity index (χ4v) is 3.12. The predicted octanol–water partition coefficient (Wildman–Crippen LogP) is 2.85. The smallest absolute Gasteiger partial charge is 0.256 e. The average molecular weight is 467 g/mol. The van der Waals surface area contributed by atoms with Gasteiger partial charge < -0.3 is 10.1 Å². The summed E-state index contributed by atoms with van der Waals surface area (Å²) in [7, 11) is -2.49. The van der Waals surface area contributed by atoms with Gasteiger partial charge in [0, 0.05) is 8.59 Å². The SMILES string of the molecule is COc1ccc(S(N)(=O)=O)cc1NC(=O)c1cc(Cl)ccc1I. The number of amides is 1. The maximum absolute atomic E-state index is 12.4. The van der Waals surface area contributed by atoms with Gasteiger partial charge in [-0.25, -0.2) is 13.6 Å². The van der Waals surface area contributed by atoms with Gasteiger partial charge in [0.15, 0.2) is 0 Å². The average Bonchev–Trinajstić information content (AvgIpc) is 2.48. The first-order valence-corrected chi connectivity index (χ1v) is 9.20. The van der Waals surface area contributed by atoms with E-state index in [0.29, 0.717) is 19.9 Å². The number of sulfonamides is 1. The highest BCUT2D eigenvalue weighted by atomic mass is 127. The van der Waals surface area contributed by atoms with Gasteiger partial charge in [-0.15, -0.1) is 0 Å². The monoisotopic (exact) mass is 466 g/mol. The van der Waals surface area contributed by atoms with Gasteiger partial charge in [-0.05, 0) is 59.0 Å². The minimum absolute atomic E-state index is 0.130. The summed E-state index contributed by atoms with van der Waals surface area (Å²) in [5, 5.41) is 8.13. The van der Waals surface area contributed by atoms with Crippen LogP contribution >= 0.6 is 34.2 Å². The number of benzene rings is 2. The molecule has 0 bridgehead atoms. The van der Waals surface area contributed by atoms with Crippen LogP contribution < -0.4 is 15.2 Å². The molecule has 0 aliphatic rings. The third kappa shape index (κ3) is 4.34. The van der Waals surface area contributed by atoms with Crippen LogP contribution in [0, 0.1) is 3.57 Å². The number of rotatable bonds is 4. The van der Waals surface area contributed by atoms with Crippen LogP contribution in [0.4, 0.5) is 5.69 Å². The highest BCUT2D eigenvalue weighted by molar-refractivity contribution is 14.1. The molecule has 2 aromatic rings. The second-order valence-corrected chi connectivity index (χ2v) is 7.65. The van der Waals surface area contributed by atoms with Crippen LogP contribution in [0.1, 0.15) is 10.4 Å². The van der Waals surface area contributed by atoms with Crippen LogP contribution in [0.25, 0.3) is 0 Å². The number of hydrogen-bond donors (Lipinski definition) is 2. The van der Waals surface area contributed by atoms with Gasteiger partial charge in [0.05, 0.1) is 23.3 Å². The molecule has 0 saturated heterocycles. The molecule has 0 saturated carbocycles. The lowest BCUT2D eigenvalue weighted by Gasteiger charge is -2.12. The molecule has 0 fully saturated rings. The second-order valence-electron chi connectivity index (χ2n) is 4.49. The van der Waals surface area contributed by atoms with E-state index in [2.05, 4.69) is 5.32 Å². The summed E-state index contributed by atoms with van der Waals surface area (Å²) < 4.78 is 28.7. The van der Waals surface area contributed by atoms with Crippen LogP contribution in [0.15, 0.2) is 41.3 Å². The number of carbonyl (C=O) groups excluding carboxylic acids is 1. The van der Waals surface area contributed by atoms with E-state index < -0.39 is 15.9 Å². The number of methoxy groups -OCH3 is 1. The van der Waals surface area contributed by atoms with E-state index in [0.717, 1.165) is 0 Å². The topological polar surface area (TPSA) is 98.5 Å². The second kappa shape index (κ2) is 7.04. The first kappa shape index (κ1) is 18.0. The molecule has 122 valence electrons. The molecule has 1 amide bonds. The number of primary sulfonamides is 1. The largest absolute Gasteiger partial charge is 0.495 e. The number of carbonyl (C=O) groups is 1. The molecule has 9 heteroatoms. The maximum Gasteiger partial charge on any atom is 0.256 e. The number of halogens is 2. The molecule has 6 nitrogen and oxygen atoms in total. The van der Waals surface area contributed by atoms with Crippen molar-refractivity contribution in [1.29, 1.82) is 0 Å². The highest BCUT2D eigenvalue weighted by Crippen LogP contribution is 2.28. The summed E-state index contributed by atoms with van der Waals surface area (Å²) >= 11 is 7.91. The van der Waals surface area contributed by atoms with Crippen LogP contribution in [0.2, 0.25) is 5.02 Å². The summed E-state index contributed by atoms with van der Waals surface area (Å²) in [4.78, 5) is 12.3. The Hall–Kier alpha value is -1.36. The zero-order valence-corrected chi connectivity index (χ0v) is 15.6. The Balaban J connectivity index is 2.42. The Morgan fingerprint density at radius 2 is 1.96 bits per heavy atom. The number of ether oxygens (including phenoxy) is 1. The van der Waals surface area contributed by atoms with Crippen LogP contribution in [0.3, 0.4) is 0 Å². The van der Waals surface area contributed by atoms with Gasteiger partial charge in [0.25, 0.3) is 5.91 Å². The zero-order valence-electron chi connectivity index (χ0n) is 11.8. The van der Waals surface area contributed by atoms with Gasteiger partial charge in [-0.1, -0.05) is 11.6 Å². The van der Waals surface area contributed by atoms with Crippen LogP contribution in [-0.4, -0.2) is 21.4 Å². The summed E-state index contributed by atoms with van der Waals surface area (Å²) in [6.45, 7) is 0. The highest BCUT2D eigenvalue weighted by Gasteiger charge is 2.16. The Morgan fingerprint density at radius 3 is 2.57 bits per heavy atom. The molecule has 23 heavy (non-hydrogen) atoms. The van der Waals surface area contributed by atoms with E-state index in [-0.39, 0.29) is 10.6 Å². The fourth-order valence-electron chi connectivity index (χ4n) is 1.82. The molecule has 0 radical (unpaired) electrons. The predicted molar refractivity (Wildman–Crippen MR) is 96.5 cm³/mol. The van der Waals surface area contributed by atoms with Gasteiger partial charge in [-0.2, -0.15) is 0 Å². The van der Waals surface area contributed by atoms with Gasteiger partial charge in [-0.3, -0.25) is 4.79 Å². The molecule has 0 aromatic heterocycles. The number of anilines is 1. The van der Waals surface area contributed by atoms with Crippen molar-refractivity contribution in [3.05, 3.63) is 50.6 Å². The molecule has 0 atom stereocenters. The number of nitrogens with two attached hydrogens (primary N) is 1. The Bertz CT molecular complexity index is 871. The van der Waals surface area contributed by atoms with Gasteiger partial charge >= 0.3 is 0 Å². The summed E-state index contributed by atoms with van der Waals surface area (Å²) in [5.41, 5.74) is 0.556. The lowest BCUT2D eigenvalue weighted by molar-refractivity contribution is 0.102. The van der Waals surface area contributed by atoms with E-state index >= 15 is 0 Å². The van der Waals surface area contributed by atoms with E-state index in [4.69, 9.17) is 21.5 Å². The van der Waals surface area contributed by atoms with Crippen LogP contribution in [0.5, 0.6) is 5.75 Å². The van der Waals surface area contributed by atoms with Crippen LogP contribution in [-0.2, 0) is 10.0 Å². The molecule has 0 spiro atoms. The van der Waals surface area contributed by atoms with E-state index in [1.165, 1.54) is 31.4 Å². The molecule has 0 aliphatic carbocycles. The van der Waals surface area contributed by atoms with Gasteiger partial charge in [0.2, 0.25) is 10.0 Å². The lowest BCUT2D eigenvalue weighted by atomic mass is 10.2. The van der Waals surface area contributed by atoms with Crippen molar-refractivity contribution >= 4 is 55.8 Å². The first-order chi connectivity index (χ1) is 10.7. The Kier molecular flexibility index (Phi) is 5.50. The molecule has 2 rings (SSSR count). The molecule has 2 aromatic carbocycles. The summed E-state index contributed by atoms with van der Waals surface area (Å²) in [6, 6.07) is 8.85. The molecular formula is C14H12ClIN2O4S. The van der Waals surface area contributed by atoms with Crippen molar-refractivity contribution in [2.45, 2.75) is 4.90 Å². The normalized spacial score (nSPS) is 11.1. The van der Waals surface area contributed by atoms with E-state index in [9.17, 15) is 13.2 Å². The molecule has 0 unspecified atom stereocenters. The standard InChI is InChI=1S/C14H12ClIN2O4S/c1-22-13-5-3-9(23(17,20)21)7-12(13)18-14(19)10-6-8(15)2-4-11(10)16/h2-7H,1H3,(H,18,19)(H2,17,20,21). The first-order valence-electron chi connectivity index (χ1n) is 6.19. The van der Waals surface area contributed by atoms with E-state index in [1.807, 2.05) is 22.6 Å². The Morgan fingerprint density at radius 1 is 1.26 bits per heavy atom. The summed E-state index contributed by atoms with van der Waals surface area (Å²) in [5.74, 6) is -0.135. The summed E-state index contributed by atoms with van der Waals surface area (Å²) in [6.07, 6.45) is 0. The van der Waals surface area contributed by atoms with Crippen molar-refractivity contribution in [3.8, 4) is 5.75 Å². The van der Waals surface area contributed by atoms with Gasteiger partial charge in [0.1, 0.15) is 5.75 Å². The fraction of sp³-hybridized carbons (Fsp3) is 0.0714. The Labute approximate surface area is 152 Å². The number of hydrogen-bond acceptors (Lipinski definition) is 4. The maximum atomic E-state index is 12.4. The quantitative estimate of drug-likeness (QED) is 0.677. The minimum Gasteiger partial charge on any atom is -0.495 e. The molecular weight excluding hydrogens is 455 g/mol. The third-order valence-corrected chi connectivity index (χ3v) is 5.01. The molecule has 3 N–H and O–H groups in total. The third-order valence-electron chi connectivity index (χ3n) is 2.92. The molecule has 0 heterocycles. The van der Waals surface area contributed by atoms with Crippen molar-refractivity contribution in [2.75, 3.05) is 12.4 Å². The lowest BCUT2D eigenvalue weighted by Crippen LogP contribution is -2.16. The minimum atomic E-state index is -3.90. The van der Waals surface area contributed by atoms with Crippen molar-refractivity contribution in [1.82, 2.24) is 0 Å². The van der Waals surface area contributed by atoms with Crippen molar-refractivity contribution in [2.24, 2.45) is 5.14 Å². The number of nitrogens with one attached hydrogen (secondary N) is 1. The van der Waals surface area contributed by atoms with Crippen molar-refractivity contribution in [3.63, 3.8) is 0 Å².